The van der Waals surface area contributed by atoms with Crippen LogP contribution in [0.2, 0.25) is 0 Å². The zero-order valence-corrected chi connectivity index (χ0v) is 25.5. The molecule has 5 atom stereocenters. The van der Waals surface area contributed by atoms with Gasteiger partial charge in [-0.2, -0.15) is 5.26 Å². The van der Waals surface area contributed by atoms with Crippen molar-refractivity contribution in [1.82, 2.24) is 14.9 Å². The third kappa shape index (κ3) is 6.83. The molecular weight excluding hydrogens is 590 g/mol. The van der Waals surface area contributed by atoms with Crippen LogP contribution in [0, 0.1) is 29.1 Å². The highest BCUT2D eigenvalue weighted by Crippen LogP contribution is 2.47. The molecule has 0 spiro atoms. The van der Waals surface area contributed by atoms with Gasteiger partial charge in [0.1, 0.15) is 17.4 Å². The number of ether oxygens (including phenoxy) is 2. The molecule has 1 aromatic rings. The molecule has 5 rings (SSSR count). The first-order valence-corrected chi connectivity index (χ1v) is 16.4. The summed E-state index contributed by atoms with van der Waals surface area (Å²) in [5.41, 5.74) is -0.899. The van der Waals surface area contributed by atoms with E-state index >= 15 is 0 Å². The van der Waals surface area contributed by atoms with Crippen LogP contribution in [0.1, 0.15) is 56.9 Å². The number of methoxy groups -OCH3 is 1. The zero-order valence-electron chi connectivity index (χ0n) is 24.7. The number of amides is 4. The molecule has 44 heavy (non-hydrogen) atoms. The highest BCUT2D eigenvalue weighted by atomic mass is 32.2. The van der Waals surface area contributed by atoms with Crippen LogP contribution in [-0.2, 0) is 29.1 Å². The molecule has 0 saturated heterocycles. The number of allylic oxidation sites excluding steroid dienone is 1. The number of nitriles is 1. The van der Waals surface area contributed by atoms with E-state index in [2.05, 4.69) is 15.4 Å². The predicted octanol–water partition coefficient (Wildman–Crippen LogP) is 2.19. The second-order valence-corrected chi connectivity index (χ2v) is 14.0. The average Bonchev–Trinajstić information content (AvgIpc) is 3.91. The highest BCUT2D eigenvalue weighted by molar-refractivity contribution is 7.91. The SMILES string of the molecule is COc1cc(C#N)cc(NC(=O)O[C@@H]2CC3C(=O)N[C@]4(C(=O)NS(=O)(=O)C5CC5)C[C@H]4/C=C\CCCCN(C)C(=O)[C@@H]3C2)c1. The number of sulfonamides is 1. The minimum Gasteiger partial charge on any atom is -0.497 e. The Kier molecular flexibility index (Phi) is 8.88. The second-order valence-electron chi connectivity index (χ2n) is 12.0. The third-order valence-electron chi connectivity index (χ3n) is 8.79. The van der Waals surface area contributed by atoms with E-state index in [0.29, 0.717) is 31.6 Å². The van der Waals surface area contributed by atoms with Crippen molar-refractivity contribution in [2.75, 3.05) is 26.0 Å². The van der Waals surface area contributed by atoms with Gasteiger partial charge in [-0.3, -0.25) is 24.4 Å². The van der Waals surface area contributed by atoms with Crippen LogP contribution < -0.4 is 20.1 Å². The molecule has 3 saturated carbocycles. The number of hydrogen-bond acceptors (Lipinski definition) is 9. The molecule has 13 nitrogen and oxygen atoms in total. The lowest BCUT2D eigenvalue weighted by atomic mass is 9.93. The van der Waals surface area contributed by atoms with Crippen molar-refractivity contribution in [3.63, 3.8) is 0 Å². The fourth-order valence-corrected chi connectivity index (χ4v) is 7.41. The molecule has 3 N–H and O–H groups in total. The normalized spacial score (nSPS) is 29.5. The summed E-state index contributed by atoms with van der Waals surface area (Å²) < 4.78 is 38.1. The standard InChI is InChI=1S/C30H37N5O8S/c1-35-10-6-4-3-5-7-19-16-30(19,28(38)34-44(40,41)23-8-9-23)33-26(36)24-14-22(15-25(24)27(35)37)43-29(39)32-20-11-18(17-31)12-21(13-20)42-2/h5,7,11-13,19,22-25H,3-4,6,8-10,14-16H2,1-2H3,(H,32,39)(H,33,36)(H,34,38)/b7-5-/t19-,22-,24?,25-,30-/m1/s1. The maximum Gasteiger partial charge on any atom is 0.411 e. The fraction of sp³-hybridized carbons (Fsp3) is 0.567. The third-order valence-corrected chi connectivity index (χ3v) is 10.6. The maximum absolute atomic E-state index is 13.8. The van der Waals surface area contributed by atoms with Gasteiger partial charge in [0.2, 0.25) is 21.8 Å². The number of nitrogens with zero attached hydrogens (tertiary/aromatic N) is 2. The molecule has 4 amide bonds. The largest absolute Gasteiger partial charge is 0.497 e. The van der Waals surface area contributed by atoms with Crippen LogP contribution in [-0.4, -0.2) is 74.7 Å². The number of fused-ring (bicyclic) bond motifs is 2. The van der Waals surface area contributed by atoms with Gasteiger partial charge in [0, 0.05) is 31.3 Å². The van der Waals surface area contributed by atoms with Crippen LogP contribution >= 0.6 is 0 Å². The quantitative estimate of drug-likeness (QED) is 0.398. The van der Waals surface area contributed by atoms with Gasteiger partial charge in [-0.15, -0.1) is 0 Å². The number of hydrogen-bond donors (Lipinski definition) is 3. The number of rotatable bonds is 6. The molecule has 236 valence electrons. The average molecular weight is 628 g/mol. The minimum atomic E-state index is -3.84. The van der Waals surface area contributed by atoms with Crippen molar-refractivity contribution in [3.05, 3.63) is 35.9 Å². The van der Waals surface area contributed by atoms with Gasteiger partial charge in [0.15, 0.2) is 0 Å². The Hall–Kier alpha value is -4.12. The van der Waals surface area contributed by atoms with E-state index in [0.717, 1.165) is 12.8 Å². The van der Waals surface area contributed by atoms with E-state index in [9.17, 15) is 32.9 Å². The summed E-state index contributed by atoms with van der Waals surface area (Å²) >= 11 is 0. The lowest BCUT2D eigenvalue weighted by molar-refractivity contribution is -0.140. The van der Waals surface area contributed by atoms with Crippen LogP contribution in [0.4, 0.5) is 10.5 Å². The van der Waals surface area contributed by atoms with E-state index in [4.69, 9.17) is 9.47 Å². The van der Waals surface area contributed by atoms with Crippen LogP contribution in [0.5, 0.6) is 5.75 Å². The zero-order chi connectivity index (χ0) is 31.6. The number of carbonyl (C=O) groups excluding carboxylic acids is 4. The van der Waals surface area contributed by atoms with Crippen molar-refractivity contribution in [2.24, 2.45) is 17.8 Å². The van der Waals surface area contributed by atoms with Crippen molar-refractivity contribution in [1.29, 1.82) is 5.26 Å². The number of nitrogens with one attached hydrogen (secondary N) is 3. The Bertz CT molecular complexity index is 1520. The van der Waals surface area contributed by atoms with Gasteiger partial charge in [-0.1, -0.05) is 12.2 Å². The van der Waals surface area contributed by atoms with Gasteiger partial charge < -0.3 is 19.7 Å². The van der Waals surface area contributed by atoms with E-state index in [1.54, 1.807) is 11.9 Å². The lowest BCUT2D eigenvalue weighted by Gasteiger charge is -2.26. The molecular formula is C30H37N5O8S. The van der Waals surface area contributed by atoms with Gasteiger partial charge in [-0.05, 0) is 63.5 Å². The van der Waals surface area contributed by atoms with Gasteiger partial charge >= 0.3 is 6.09 Å². The van der Waals surface area contributed by atoms with Gasteiger partial charge in [0.25, 0.3) is 5.91 Å². The first-order chi connectivity index (χ1) is 21.0. The predicted molar refractivity (Wildman–Crippen MR) is 158 cm³/mol. The van der Waals surface area contributed by atoms with Crippen LogP contribution in [0.3, 0.4) is 0 Å². The number of anilines is 1. The lowest BCUT2D eigenvalue weighted by Crippen LogP contribution is -2.54. The molecule has 1 heterocycles. The van der Waals surface area contributed by atoms with Gasteiger partial charge in [-0.25, -0.2) is 13.2 Å². The van der Waals surface area contributed by atoms with E-state index in [-0.39, 0.29) is 42.3 Å². The highest BCUT2D eigenvalue weighted by Gasteiger charge is 2.62. The van der Waals surface area contributed by atoms with Crippen molar-refractivity contribution in [3.8, 4) is 11.8 Å². The molecule has 0 bridgehead atoms. The Morgan fingerprint density at radius 2 is 1.89 bits per heavy atom. The van der Waals surface area contributed by atoms with E-state index < -0.39 is 56.7 Å². The maximum atomic E-state index is 13.8. The number of carbonyl (C=O) groups is 4. The summed E-state index contributed by atoms with van der Waals surface area (Å²) in [5, 5.41) is 14.0. The molecule has 4 aliphatic rings. The second kappa shape index (κ2) is 12.5. The molecule has 14 heteroatoms. The first kappa shape index (κ1) is 31.3. The fourth-order valence-electron chi connectivity index (χ4n) is 6.04. The Balaban J connectivity index is 1.34. The number of benzene rings is 1. The summed E-state index contributed by atoms with van der Waals surface area (Å²) in [6.07, 6.45) is 5.74. The summed E-state index contributed by atoms with van der Waals surface area (Å²) in [7, 11) is -0.740. The van der Waals surface area contributed by atoms with Gasteiger partial charge in [0.05, 0.1) is 35.8 Å². The molecule has 1 unspecified atom stereocenters. The van der Waals surface area contributed by atoms with Crippen LogP contribution in [0.15, 0.2) is 30.4 Å². The van der Waals surface area contributed by atoms with Crippen molar-refractivity contribution >= 4 is 39.5 Å². The molecule has 0 aromatic heterocycles. The monoisotopic (exact) mass is 627 g/mol. The Labute approximate surface area is 256 Å². The first-order valence-electron chi connectivity index (χ1n) is 14.8. The summed E-state index contributed by atoms with van der Waals surface area (Å²) in [6.45, 7) is 0.495. The van der Waals surface area contributed by atoms with Crippen LogP contribution in [0.25, 0.3) is 0 Å². The van der Waals surface area contributed by atoms with E-state index in [1.807, 2.05) is 18.2 Å². The molecule has 0 radical (unpaired) electrons. The topological polar surface area (TPSA) is 184 Å². The summed E-state index contributed by atoms with van der Waals surface area (Å²) in [5.74, 6) is -3.36. The molecule has 3 aliphatic carbocycles. The van der Waals surface area contributed by atoms with Crippen molar-refractivity contribution < 1.29 is 37.1 Å². The Morgan fingerprint density at radius 3 is 2.59 bits per heavy atom. The molecule has 1 aliphatic heterocycles. The van der Waals surface area contributed by atoms with Crippen molar-refractivity contribution in [2.45, 2.75) is 68.3 Å². The smallest absolute Gasteiger partial charge is 0.411 e. The molecule has 3 fully saturated rings. The minimum absolute atomic E-state index is 0.0314. The summed E-state index contributed by atoms with van der Waals surface area (Å²) in [6, 6.07) is 6.48. The Morgan fingerprint density at radius 1 is 1.14 bits per heavy atom. The van der Waals surface area contributed by atoms with E-state index in [1.165, 1.54) is 25.3 Å². The summed E-state index contributed by atoms with van der Waals surface area (Å²) in [4.78, 5) is 55.1. The molecule has 1 aromatic carbocycles.